The van der Waals surface area contributed by atoms with Crippen LogP contribution in [0.25, 0.3) is 5.57 Å². The Labute approximate surface area is 308 Å². The van der Waals surface area contributed by atoms with Crippen molar-refractivity contribution >= 4 is 29.4 Å². The van der Waals surface area contributed by atoms with Gasteiger partial charge in [-0.2, -0.15) is 17.5 Å². The van der Waals surface area contributed by atoms with E-state index in [-0.39, 0.29) is 12.2 Å². The molecule has 1 aromatic heterocycles. The Morgan fingerprint density at radius 2 is 1.49 bits per heavy atom. The van der Waals surface area contributed by atoms with Crippen molar-refractivity contribution in [2.24, 2.45) is 0 Å². The Bertz CT molecular complexity index is 1130. The summed E-state index contributed by atoms with van der Waals surface area (Å²) < 4.78 is 64.0. The summed E-state index contributed by atoms with van der Waals surface area (Å²) in [4.78, 5) is 24.5. The van der Waals surface area contributed by atoms with Gasteiger partial charge in [0, 0.05) is 24.8 Å². The first-order valence-electron chi connectivity index (χ1n) is 18.9. The first-order valence-corrected chi connectivity index (χ1v) is 19.6. The number of hydrogen-bond acceptors (Lipinski definition) is 10. The summed E-state index contributed by atoms with van der Waals surface area (Å²) in [5, 5.41) is 7.28. The highest BCUT2D eigenvalue weighted by atomic mass is 32.1. The molecule has 51 heavy (non-hydrogen) atoms. The Morgan fingerprint density at radius 1 is 0.902 bits per heavy atom. The highest BCUT2D eigenvalue weighted by Crippen LogP contribution is 2.33. The van der Waals surface area contributed by atoms with E-state index in [1.807, 2.05) is 20.8 Å². The zero-order valence-corrected chi connectivity index (χ0v) is 32.8. The maximum atomic E-state index is 12.7. The molecular formula is C37H65F3N3O7S+. The molecule has 2 unspecified atom stereocenters. The van der Waals surface area contributed by atoms with Gasteiger partial charge in [-0.3, -0.25) is 9.28 Å². The summed E-state index contributed by atoms with van der Waals surface area (Å²) in [6.45, 7) is 10.9. The summed E-state index contributed by atoms with van der Waals surface area (Å²) in [5.41, 5.74) is 1.54. The van der Waals surface area contributed by atoms with Crippen LogP contribution in [0.2, 0.25) is 0 Å². The van der Waals surface area contributed by atoms with Crippen LogP contribution in [-0.4, -0.2) is 88.4 Å². The van der Waals surface area contributed by atoms with Crippen molar-refractivity contribution in [2.75, 3.05) is 40.0 Å². The van der Waals surface area contributed by atoms with Crippen molar-refractivity contribution in [3.63, 3.8) is 0 Å². The first kappa shape index (κ1) is 46.6. The summed E-state index contributed by atoms with van der Waals surface area (Å²) >= 11 is 1.19. The highest BCUT2D eigenvalue weighted by molar-refractivity contribution is 6.99. The van der Waals surface area contributed by atoms with Crippen LogP contribution in [0.4, 0.5) is 18.0 Å². The van der Waals surface area contributed by atoms with Crippen molar-refractivity contribution in [1.82, 2.24) is 8.75 Å². The highest BCUT2D eigenvalue weighted by Gasteiger charge is 2.39. The van der Waals surface area contributed by atoms with Crippen molar-refractivity contribution in [2.45, 2.75) is 162 Å². The monoisotopic (exact) mass is 752 g/mol. The third-order valence-corrected chi connectivity index (χ3v) is 8.88. The summed E-state index contributed by atoms with van der Waals surface area (Å²) in [6.07, 6.45) is 14.4. The predicted octanol–water partition coefficient (Wildman–Crippen LogP) is 9.79. The minimum Gasteiger partial charge on any atom is -0.475 e. The molecule has 14 heteroatoms. The lowest BCUT2D eigenvalue weighted by Crippen LogP contribution is -2.56. The average Bonchev–Trinajstić information content (AvgIpc) is 3.53. The van der Waals surface area contributed by atoms with Gasteiger partial charge in [0.05, 0.1) is 38.5 Å². The fourth-order valence-electron chi connectivity index (χ4n) is 5.70. The number of nitrogens with zero attached hydrogens (tertiary/aromatic N) is 3. The van der Waals surface area contributed by atoms with Gasteiger partial charge >= 0.3 is 18.3 Å². The normalized spacial score (nSPS) is 16.8. The molecule has 1 N–H and O–H groups in total. The number of rotatable bonds is 23. The molecule has 0 fully saturated rings. The zero-order chi connectivity index (χ0) is 38.2. The lowest BCUT2D eigenvalue weighted by Gasteiger charge is -2.42. The van der Waals surface area contributed by atoms with E-state index in [4.69, 9.17) is 24.1 Å². The molecule has 0 saturated carbocycles. The molecule has 1 aromatic rings. The van der Waals surface area contributed by atoms with Crippen molar-refractivity contribution in [3.8, 4) is 5.88 Å². The lowest BCUT2D eigenvalue weighted by atomic mass is 10.0. The molecule has 0 radical (unpaired) electrons. The van der Waals surface area contributed by atoms with Crippen molar-refractivity contribution in [1.29, 1.82) is 0 Å². The number of quaternary nitrogens is 1. The Hall–Kier alpha value is -2.45. The van der Waals surface area contributed by atoms with Gasteiger partial charge in [0.1, 0.15) is 24.4 Å². The molecule has 0 aliphatic carbocycles. The number of hydrogen-bond donors (Lipinski definition) is 1. The van der Waals surface area contributed by atoms with Crippen LogP contribution in [0.3, 0.4) is 0 Å². The first-order chi connectivity index (χ1) is 24.1. The van der Waals surface area contributed by atoms with Crippen LogP contribution < -0.4 is 4.74 Å². The van der Waals surface area contributed by atoms with Crippen molar-refractivity contribution < 1.29 is 51.3 Å². The molecule has 1 aliphatic heterocycles. The second-order valence-electron chi connectivity index (χ2n) is 14.5. The Kier molecular flexibility index (Phi) is 23.3. The fraction of sp³-hybridized carbons (Fsp3) is 0.838. The average molecular weight is 753 g/mol. The molecule has 0 aromatic carbocycles. The van der Waals surface area contributed by atoms with Gasteiger partial charge in [0.25, 0.3) is 5.88 Å². The SMILES string of the molecule is CCCCCCOc1nsnc1C1=CCC[N+](C)(C(CCC)OC(=O)OCCCCCCCCCCCC(=O)OC(C)(C)C)C1.OCC(F)(F)F. The number of halogens is 3. The third kappa shape index (κ3) is 22.3. The van der Waals surface area contributed by atoms with E-state index in [2.05, 4.69) is 35.7 Å². The van der Waals surface area contributed by atoms with Crippen LogP contribution in [0.5, 0.6) is 5.88 Å². The maximum absolute atomic E-state index is 12.7. The van der Waals surface area contributed by atoms with E-state index in [1.54, 1.807) is 0 Å². The van der Waals surface area contributed by atoms with Crippen LogP contribution in [0, 0.1) is 0 Å². The molecule has 10 nitrogen and oxygen atoms in total. The van der Waals surface area contributed by atoms with Crippen LogP contribution in [-0.2, 0) is 19.0 Å². The zero-order valence-electron chi connectivity index (χ0n) is 32.0. The van der Waals surface area contributed by atoms with Gasteiger partial charge < -0.3 is 24.1 Å². The largest absolute Gasteiger partial charge is 0.512 e. The number of ether oxygens (including phenoxy) is 4. The predicted molar refractivity (Wildman–Crippen MR) is 194 cm³/mol. The van der Waals surface area contributed by atoms with Gasteiger partial charge in [-0.15, -0.1) is 4.37 Å². The minimum atomic E-state index is -4.40. The number of carbonyl (C=O) groups excluding carboxylic acids is 2. The molecule has 0 bridgehead atoms. The number of aliphatic hydroxyl groups is 1. The molecule has 2 heterocycles. The van der Waals surface area contributed by atoms with Crippen LogP contribution in [0.15, 0.2) is 6.08 Å². The van der Waals surface area contributed by atoms with Crippen LogP contribution >= 0.6 is 11.7 Å². The summed E-state index contributed by atoms with van der Waals surface area (Å²) in [7, 11) is 2.16. The molecule has 2 atom stereocenters. The topological polar surface area (TPSA) is 117 Å². The van der Waals surface area contributed by atoms with Crippen molar-refractivity contribution in [3.05, 3.63) is 11.8 Å². The number of aliphatic hydroxyl groups excluding tert-OH is 1. The number of esters is 1. The number of unbranched alkanes of at least 4 members (excludes halogenated alkanes) is 11. The third-order valence-electron chi connectivity index (χ3n) is 8.37. The van der Waals surface area contributed by atoms with Gasteiger partial charge in [0.15, 0.2) is 0 Å². The second kappa shape index (κ2) is 25.5. The Morgan fingerprint density at radius 3 is 2.08 bits per heavy atom. The smallest absolute Gasteiger partial charge is 0.475 e. The number of carbonyl (C=O) groups is 2. The van der Waals surface area contributed by atoms with E-state index in [1.165, 1.54) is 43.8 Å². The molecule has 0 amide bonds. The van der Waals surface area contributed by atoms with Crippen LogP contribution in [0.1, 0.15) is 149 Å². The molecule has 1 aliphatic rings. The molecule has 2 rings (SSSR count). The van der Waals surface area contributed by atoms with Gasteiger partial charge in [-0.1, -0.05) is 84.1 Å². The number of alkyl halides is 3. The summed E-state index contributed by atoms with van der Waals surface area (Å²) in [6, 6.07) is 0. The van der Waals surface area contributed by atoms with E-state index in [0.717, 1.165) is 88.4 Å². The summed E-state index contributed by atoms with van der Waals surface area (Å²) in [5.74, 6) is 0.527. The second-order valence-corrected chi connectivity index (χ2v) is 15.0. The van der Waals surface area contributed by atoms with E-state index < -0.39 is 24.5 Å². The Balaban J connectivity index is 0.00000198. The van der Waals surface area contributed by atoms with Gasteiger partial charge in [0.2, 0.25) is 6.23 Å². The fourth-order valence-corrected chi connectivity index (χ4v) is 6.23. The number of aromatic nitrogens is 2. The molecular weight excluding hydrogens is 687 g/mol. The van der Waals surface area contributed by atoms with E-state index >= 15 is 0 Å². The lowest BCUT2D eigenvalue weighted by molar-refractivity contribution is -0.947. The van der Waals surface area contributed by atoms with E-state index in [0.29, 0.717) is 36.5 Å². The maximum Gasteiger partial charge on any atom is 0.512 e. The minimum absolute atomic E-state index is 0.0971. The molecule has 0 spiro atoms. The van der Waals surface area contributed by atoms with Gasteiger partial charge in [-0.05, 0) is 46.5 Å². The molecule has 296 valence electrons. The number of likely N-dealkylation sites (N-methyl/N-ethyl adjacent to an activating group) is 1. The molecule has 0 saturated heterocycles. The standard InChI is InChI=1S/C35H62N3O6S.C2H3F3O/c1-7-9-10-19-26-41-33-32(36-45-37-33)29-23-21-25-38(6,28-29)30(22-8-2)43-34(40)42-27-20-17-15-13-11-12-14-16-18-24-31(39)44-35(3,4)5;3-2(4,5)1-6/h23,30H,7-22,24-28H2,1-6H3;6H,1H2/q+1;. The van der Waals surface area contributed by atoms with E-state index in [9.17, 15) is 22.8 Å². The van der Waals surface area contributed by atoms with Gasteiger partial charge in [-0.25, -0.2) is 4.79 Å². The quantitative estimate of drug-likeness (QED) is 0.0662.